The number of fused-ring (bicyclic) bond motifs is 3. The molecule has 22 heavy (non-hydrogen) atoms. The number of nitrogens with zero attached hydrogens (tertiary/aromatic N) is 1. The highest BCUT2D eigenvalue weighted by molar-refractivity contribution is 5.93. The molecule has 2 aliphatic rings. The number of rotatable bonds is 1. The number of carbonyl (C=O) groups is 2. The van der Waals surface area contributed by atoms with Gasteiger partial charge in [-0.15, -0.1) is 0 Å². The molecule has 118 valence electrons. The summed E-state index contributed by atoms with van der Waals surface area (Å²) < 4.78 is 9.57. The largest absolute Gasteiger partial charge is 0.453 e. The minimum atomic E-state index is -0.497. The van der Waals surface area contributed by atoms with Crippen molar-refractivity contribution in [3.05, 3.63) is 23.8 Å². The van der Waals surface area contributed by atoms with Gasteiger partial charge < -0.3 is 9.47 Å². The average Bonchev–Trinajstić information content (AvgIpc) is 2.88. The molecule has 0 radical (unpaired) electrons. The Morgan fingerprint density at radius 3 is 2.68 bits per heavy atom. The van der Waals surface area contributed by atoms with Crippen molar-refractivity contribution < 1.29 is 19.1 Å². The number of anilines is 2. The predicted molar refractivity (Wildman–Crippen MR) is 82.4 cm³/mol. The number of carbonyl (C=O) groups excluding carboxylic acids is 2. The summed E-state index contributed by atoms with van der Waals surface area (Å²) in [4.78, 5) is 25.3. The van der Waals surface area contributed by atoms with E-state index in [1.807, 2.05) is 12.1 Å². The molecule has 2 unspecified atom stereocenters. The topological polar surface area (TPSA) is 67.9 Å². The number of hydrogen-bond acceptors (Lipinski definition) is 4. The van der Waals surface area contributed by atoms with Crippen LogP contribution >= 0.6 is 0 Å². The van der Waals surface area contributed by atoms with E-state index in [4.69, 9.17) is 4.74 Å². The molecule has 2 amide bonds. The van der Waals surface area contributed by atoms with Gasteiger partial charge in [0.1, 0.15) is 0 Å². The van der Waals surface area contributed by atoms with Crippen molar-refractivity contribution in [2.45, 2.75) is 37.6 Å². The van der Waals surface area contributed by atoms with E-state index < -0.39 is 6.09 Å². The van der Waals surface area contributed by atoms with E-state index in [0.717, 1.165) is 36.9 Å². The molecule has 0 bridgehead atoms. The van der Waals surface area contributed by atoms with Crippen LogP contribution in [0, 0.1) is 0 Å². The maximum absolute atomic E-state index is 12.2. The SMILES string of the molecule is COC(=O)Nc1ccc2c(c1)C1CCCCC1N2C(=O)OC. The summed E-state index contributed by atoms with van der Waals surface area (Å²) in [7, 11) is 2.74. The van der Waals surface area contributed by atoms with Crippen LogP contribution in [0.25, 0.3) is 0 Å². The number of nitrogens with one attached hydrogen (secondary N) is 1. The standard InChI is InChI=1S/C16H20N2O4/c1-21-15(19)17-10-7-8-14-12(9-10)11-5-3-4-6-13(11)18(14)16(20)22-2/h7-9,11,13H,3-6H2,1-2H3,(H,17,19). The lowest BCUT2D eigenvalue weighted by Gasteiger charge is -2.31. The lowest BCUT2D eigenvalue weighted by molar-refractivity contribution is 0.174. The van der Waals surface area contributed by atoms with E-state index in [-0.39, 0.29) is 12.1 Å². The summed E-state index contributed by atoms with van der Waals surface area (Å²) in [5, 5.41) is 2.68. The zero-order valence-electron chi connectivity index (χ0n) is 12.8. The second kappa shape index (κ2) is 5.87. The Balaban J connectivity index is 1.97. The lowest BCUT2D eigenvalue weighted by atomic mass is 9.82. The fraction of sp³-hybridized carbons (Fsp3) is 0.500. The molecule has 2 atom stereocenters. The first kappa shape index (κ1) is 14.7. The van der Waals surface area contributed by atoms with E-state index in [9.17, 15) is 9.59 Å². The summed E-state index contributed by atoms with van der Waals surface area (Å²) in [6.07, 6.45) is 3.49. The van der Waals surface area contributed by atoms with Gasteiger partial charge in [-0.05, 0) is 36.6 Å². The van der Waals surface area contributed by atoms with Crippen LogP contribution < -0.4 is 10.2 Å². The Hall–Kier alpha value is -2.24. The summed E-state index contributed by atoms with van der Waals surface area (Å²) in [5.74, 6) is 0.308. The van der Waals surface area contributed by atoms with Crippen molar-refractivity contribution in [3.8, 4) is 0 Å². The van der Waals surface area contributed by atoms with Gasteiger partial charge in [-0.3, -0.25) is 10.2 Å². The van der Waals surface area contributed by atoms with Crippen molar-refractivity contribution >= 4 is 23.6 Å². The summed E-state index contributed by atoms with van der Waals surface area (Å²) >= 11 is 0. The summed E-state index contributed by atoms with van der Waals surface area (Å²) in [6.45, 7) is 0. The quantitative estimate of drug-likeness (QED) is 0.862. The first-order chi connectivity index (χ1) is 10.7. The molecule has 1 aromatic carbocycles. The Morgan fingerprint density at radius 2 is 1.95 bits per heavy atom. The minimum absolute atomic E-state index is 0.157. The third kappa shape index (κ3) is 2.38. The first-order valence-corrected chi connectivity index (χ1v) is 7.51. The molecule has 6 heteroatoms. The van der Waals surface area contributed by atoms with Gasteiger partial charge in [0.15, 0.2) is 0 Å². The highest BCUT2D eigenvalue weighted by Crippen LogP contribution is 2.48. The van der Waals surface area contributed by atoms with Crippen LogP contribution in [0.2, 0.25) is 0 Å². The smallest absolute Gasteiger partial charge is 0.414 e. The minimum Gasteiger partial charge on any atom is -0.453 e. The normalized spacial score (nSPS) is 22.5. The Labute approximate surface area is 129 Å². The highest BCUT2D eigenvalue weighted by atomic mass is 16.5. The molecule has 1 aliphatic heterocycles. The van der Waals surface area contributed by atoms with Crippen molar-refractivity contribution in [1.29, 1.82) is 0 Å². The van der Waals surface area contributed by atoms with Crippen molar-refractivity contribution in [1.82, 2.24) is 0 Å². The zero-order chi connectivity index (χ0) is 15.7. The molecule has 0 saturated heterocycles. The molecule has 6 nitrogen and oxygen atoms in total. The van der Waals surface area contributed by atoms with E-state index in [1.165, 1.54) is 14.2 Å². The molecule has 0 aromatic heterocycles. The number of methoxy groups -OCH3 is 2. The zero-order valence-corrected chi connectivity index (χ0v) is 12.8. The van der Waals surface area contributed by atoms with Gasteiger partial charge in [0.25, 0.3) is 0 Å². The predicted octanol–water partition coefficient (Wildman–Crippen LogP) is 3.48. The number of hydrogen-bond donors (Lipinski definition) is 1. The monoisotopic (exact) mass is 304 g/mol. The molecule has 1 saturated carbocycles. The highest BCUT2D eigenvalue weighted by Gasteiger charge is 2.43. The molecule has 1 aliphatic carbocycles. The van der Waals surface area contributed by atoms with Gasteiger partial charge in [-0.2, -0.15) is 0 Å². The maximum atomic E-state index is 12.2. The Bertz CT molecular complexity index is 602. The van der Waals surface area contributed by atoms with E-state index >= 15 is 0 Å². The van der Waals surface area contributed by atoms with Gasteiger partial charge in [0.05, 0.1) is 19.9 Å². The molecule has 1 aromatic rings. The second-order valence-corrected chi connectivity index (χ2v) is 5.69. The Morgan fingerprint density at radius 1 is 1.18 bits per heavy atom. The third-order valence-corrected chi connectivity index (χ3v) is 4.55. The molecule has 1 N–H and O–H groups in total. The summed E-state index contributed by atoms with van der Waals surface area (Å²) in [6, 6.07) is 5.75. The van der Waals surface area contributed by atoms with Crippen LogP contribution in [0.15, 0.2) is 18.2 Å². The molecular formula is C16H20N2O4. The van der Waals surface area contributed by atoms with Crippen LogP contribution in [0.5, 0.6) is 0 Å². The van der Waals surface area contributed by atoms with Gasteiger partial charge in [-0.25, -0.2) is 9.59 Å². The molecular weight excluding hydrogens is 284 g/mol. The van der Waals surface area contributed by atoms with Gasteiger partial charge >= 0.3 is 12.2 Å². The van der Waals surface area contributed by atoms with Crippen molar-refractivity contribution in [3.63, 3.8) is 0 Å². The number of amides is 2. The molecule has 1 heterocycles. The number of ether oxygens (including phenoxy) is 2. The van der Waals surface area contributed by atoms with Gasteiger partial charge in [0, 0.05) is 17.6 Å². The lowest BCUT2D eigenvalue weighted by Crippen LogP contribution is -2.40. The maximum Gasteiger partial charge on any atom is 0.414 e. The summed E-state index contributed by atoms with van der Waals surface area (Å²) in [5.41, 5.74) is 2.67. The van der Waals surface area contributed by atoms with Crippen LogP contribution in [0.4, 0.5) is 21.0 Å². The van der Waals surface area contributed by atoms with Gasteiger partial charge in [-0.1, -0.05) is 12.8 Å². The van der Waals surface area contributed by atoms with E-state index in [1.54, 1.807) is 11.0 Å². The molecule has 0 spiro atoms. The van der Waals surface area contributed by atoms with E-state index in [0.29, 0.717) is 11.6 Å². The van der Waals surface area contributed by atoms with Crippen LogP contribution in [-0.2, 0) is 9.47 Å². The molecule has 1 fully saturated rings. The average molecular weight is 304 g/mol. The van der Waals surface area contributed by atoms with Crippen LogP contribution in [-0.4, -0.2) is 32.4 Å². The van der Waals surface area contributed by atoms with E-state index in [2.05, 4.69) is 10.1 Å². The van der Waals surface area contributed by atoms with Gasteiger partial charge in [0.2, 0.25) is 0 Å². The fourth-order valence-corrected chi connectivity index (χ4v) is 3.61. The number of benzene rings is 1. The fourth-order valence-electron chi connectivity index (χ4n) is 3.61. The first-order valence-electron chi connectivity index (χ1n) is 7.51. The molecule has 3 rings (SSSR count). The second-order valence-electron chi connectivity index (χ2n) is 5.69. The van der Waals surface area contributed by atoms with Crippen molar-refractivity contribution in [2.75, 3.05) is 24.4 Å². The van der Waals surface area contributed by atoms with Crippen LogP contribution in [0.1, 0.15) is 37.2 Å². The third-order valence-electron chi connectivity index (χ3n) is 4.55. The van der Waals surface area contributed by atoms with Crippen LogP contribution in [0.3, 0.4) is 0 Å². The Kier molecular flexibility index (Phi) is 3.92. The van der Waals surface area contributed by atoms with Crippen molar-refractivity contribution in [2.24, 2.45) is 0 Å².